The maximum Gasteiger partial charge on any atom is 0.246 e. The van der Waals surface area contributed by atoms with Crippen LogP contribution in [-0.4, -0.2) is 62.2 Å². The summed E-state index contributed by atoms with van der Waals surface area (Å²) in [6, 6.07) is 16.2. The average molecular weight is 473 g/mol. The van der Waals surface area contributed by atoms with Crippen LogP contribution in [0.4, 0.5) is 10.1 Å². The van der Waals surface area contributed by atoms with Gasteiger partial charge in [-0.2, -0.15) is 9.57 Å². The number of anilines is 1. The summed E-state index contributed by atoms with van der Waals surface area (Å²) < 4.78 is 40.5. The number of nitrogens with zero attached hydrogens (tertiary/aromatic N) is 4. The summed E-state index contributed by atoms with van der Waals surface area (Å²) >= 11 is 0. The van der Waals surface area contributed by atoms with Crippen molar-refractivity contribution in [3.8, 4) is 6.07 Å². The smallest absolute Gasteiger partial charge is 0.246 e. The van der Waals surface area contributed by atoms with Crippen LogP contribution in [0.2, 0.25) is 0 Å². The Morgan fingerprint density at radius 2 is 1.61 bits per heavy atom. The zero-order chi connectivity index (χ0) is 23.8. The van der Waals surface area contributed by atoms with Crippen molar-refractivity contribution in [3.63, 3.8) is 0 Å². The highest BCUT2D eigenvalue weighted by Crippen LogP contribution is 2.21. The van der Waals surface area contributed by atoms with Crippen LogP contribution in [0.5, 0.6) is 0 Å². The van der Waals surface area contributed by atoms with E-state index in [1.807, 2.05) is 12.1 Å². The monoisotopic (exact) mass is 472 g/mol. The molecule has 1 saturated heterocycles. The zero-order valence-corrected chi connectivity index (χ0v) is 18.9. The second-order valence-corrected chi connectivity index (χ2v) is 9.41. The Bertz CT molecular complexity index is 1130. The number of carbonyl (C=O) groups excluding carboxylic acids is 2. The Kier molecular flexibility index (Phi) is 8.14. The summed E-state index contributed by atoms with van der Waals surface area (Å²) in [6.45, 7) is 0.665. The molecule has 0 N–H and O–H groups in total. The summed E-state index contributed by atoms with van der Waals surface area (Å²) in [4.78, 5) is 28.0. The summed E-state index contributed by atoms with van der Waals surface area (Å²) in [5, 5.41) is 8.88. The van der Waals surface area contributed by atoms with E-state index in [1.54, 1.807) is 24.3 Å². The molecule has 0 radical (unpaired) electrons. The number of sulfonamides is 1. The first-order valence-corrected chi connectivity index (χ1v) is 12.0. The molecule has 8 nitrogen and oxygen atoms in total. The lowest BCUT2D eigenvalue weighted by atomic mass is 10.2. The van der Waals surface area contributed by atoms with Crippen molar-refractivity contribution in [1.82, 2.24) is 9.21 Å². The predicted molar refractivity (Wildman–Crippen MR) is 120 cm³/mol. The lowest BCUT2D eigenvalue weighted by molar-refractivity contribution is -0.134. The molecule has 2 aromatic rings. The second-order valence-electron chi connectivity index (χ2n) is 7.50. The van der Waals surface area contributed by atoms with Crippen LogP contribution in [-0.2, 0) is 19.6 Å². The van der Waals surface area contributed by atoms with E-state index in [1.165, 1.54) is 32.3 Å². The first-order valence-electron chi connectivity index (χ1n) is 10.6. The minimum atomic E-state index is -3.99. The van der Waals surface area contributed by atoms with E-state index in [0.29, 0.717) is 5.69 Å². The largest absolute Gasteiger partial charge is 0.340 e. The molecule has 2 amide bonds. The Labute approximate surface area is 192 Å². The van der Waals surface area contributed by atoms with E-state index in [0.717, 1.165) is 6.07 Å². The third kappa shape index (κ3) is 5.94. The van der Waals surface area contributed by atoms with Gasteiger partial charge < -0.3 is 9.80 Å². The zero-order valence-electron chi connectivity index (χ0n) is 18.1. The highest BCUT2D eigenvalue weighted by Gasteiger charge is 2.32. The van der Waals surface area contributed by atoms with Crippen molar-refractivity contribution in [1.29, 1.82) is 5.26 Å². The first-order chi connectivity index (χ1) is 15.8. The molecule has 33 heavy (non-hydrogen) atoms. The molecule has 0 bridgehead atoms. The standard InChI is InChI=1S/C23H25FN4O4S/c24-20-9-4-5-10-21(20)33(31,32)27-17-15-26(16-18-27)22(29)11-12-23(30)28(14-6-13-25)19-7-2-1-3-8-19/h1-5,7-10H,6,11-12,14-18H2. The van der Waals surface area contributed by atoms with Crippen molar-refractivity contribution < 1.29 is 22.4 Å². The van der Waals surface area contributed by atoms with Crippen LogP contribution in [0.25, 0.3) is 0 Å². The highest BCUT2D eigenvalue weighted by atomic mass is 32.2. The van der Waals surface area contributed by atoms with E-state index in [9.17, 15) is 22.4 Å². The normalized spacial score (nSPS) is 14.5. The number of hydrogen-bond acceptors (Lipinski definition) is 5. The third-order valence-electron chi connectivity index (χ3n) is 5.41. The van der Waals surface area contributed by atoms with Gasteiger partial charge in [-0.1, -0.05) is 30.3 Å². The highest BCUT2D eigenvalue weighted by molar-refractivity contribution is 7.89. The van der Waals surface area contributed by atoms with E-state index in [2.05, 4.69) is 0 Å². The van der Waals surface area contributed by atoms with Crippen LogP contribution in [0.1, 0.15) is 19.3 Å². The summed E-state index contributed by atoms with van der Waals surface area (Å²) in [7, 11) is -3.99. The molecule has 0 spiro atoms. The molecule has 174 valence electrons. The number of benzene rings is 2. The van der Waals surface area contributed by atoms with Gasteiger partial charge in [0.1, 0.15) is 10.7 Å². The molecule has 1 fully saturated rings. The maximum atomic E-state index is 14.0. The van der Waals surface area contributed by atoms with Gasteiger partial charge in [0.05, 0.1) is 12.5 Å². The van der Waals surface area contributed by atoms with Gasteiger partial charge in [-0.25, -0.2) is 12.8 Å². The van der Waals surface area contributed by atoms with Gasteiger partial charge in [-0.05, 0) is 24.3 Å². The Balaban J connectivity index is 1.55. The summed E-state index contributed by atoms with van der Waals surface area (Å²) in [6.07, 6.45) is 0.134. The van der Waals surface area contributed by atoms with Gasteiger partial charge in [-0.3, -0.25) is 9.59 Å². The SMILES string of the molecule is N#CCCN(C(=O)CCC(=O)N1CCN(S(=O)(=O)c2ccccc2F)CC1)c1ccccc1. The Hall–Kier alpha value is -3.29. The lowest BCUT2D eigenvalue weighted by Gasteiger charge is -2.34. The fraction of sp³-hybridized carbons (Fsp3) is 0.348. The van der Waals surface area contributed by atoms with Crippen molar-refractivity contribution in [2.24, 2.45) is 0 Å². The molecule has 10 heteroatoms. The van der Waals surface area contributed by atoms with E-state index >= 15 is 0 Å². The number of piperazine rings is 1. The first kappa shape index (κ1) is 24.4. The number of rotatable bonds is 8. The van der Waals surface area contributed by atoms with E-state index in [4.69, 9.17) is 5.26 Å². The van der Waals surface area contributed by atoms with E-state index in [-0.39, 0.29) is 68.7 Å². The summed E-state index contributed by atoms with van der Waals surface area (Å²) in [5.74, 6) is -1.32. The van der Waals surface area contributed by atoms with Crippen LogP contribution >= 0.6 is 0 Å². The molecular weight excluding hydrogens is 447 g/mol. The topological polar surface area (TPSA) is 102 Å². The van der Waals surface area contributed by atoms with Crippen molar-refractivity contribution in [2.45, 2.75) is 24.2 Å². The van der Waals surface area contributed by atoms with Gasteiger partial charge in [0.25, 0.3) is 0 Å². The molecule has 1 aliphatic heterocycles. The Morgan fingerprint density at radius 1 is 0.970 bits per heavy atom. The lowest BCUT2D eigenvalue weighted by Crippen LogP contribution is -2.50. The van der Waals surface area contributed by atoms with Crippen LogP contribution in [0.15, 0.2) is 59.5 Å². The molecule has 1 heterocycles. The molecule has 3 rings (SSSR count). The fourth-order valence-electron chi connectivity index (χ4n) is 3.65. The van der Waals surface area contributed by atoms with E-state index < -0.39 is 15.8 Å². The van der Waals surface area contributed by atoms with Crippen LogP contribution in [0, 0.1) is 17.1 Å². The molecule has 0 aromatic heterocycles. The van der Waals surface area contributed by atoms with Crippen molar-refractivity contribution in [3.05, 3.63) is 60.4 Å². The van der Waals surface area contributed by atoms with Crippen LogP contribution < -0.4 is 4.90 Å². The second kappa shape index (κ2) is 11.0. The fourth-order valence-corrected chi connectivity index (χ4v) is 5.13. The number of para-hydroxylation sites is 1. The molecule has 0 saturated carbocycles. The van der Waals surface area contributed by atoms with Crippen molar-refractivity contribution in [2.75, 3.05) is 37.6 Å². The minimum Gasteiger partial charge on any atom is -0.340 e. The van der Waals surface area contributed by atoms with Gasteiger partial charge in [0.15, 0.2) is 0 Å². The average Bonchev–Trinajstić information content (AvgIpc) is 2.83. The number of carbonyl (C=O) groups is 2. The van der Waals surface area contributed by atoms with Gasteiger partial charge in [0.2, 0.25) is 21.8 Å². The van der Waals surface area contributed by atoms with Crippen molar-refractivity contribution >= 4 is 27.5 Å². The molecule has 2 aromatic carbocycles. The molecule has 0 aliphatic carbocycles. The number of amides is 2. The van der Waals surface area contributed by atoms with Gasteiger partial charge >= 0.3 is 0 Å². The third-order valence-corrected chi connectivity index (χ3v) is 7.35. The molecule has 0 atom stereocenters. The number of hydrogen-bond donors (Lipinski definition) is 0. The maximum absolute atomic E-state index is 14.0. The quantitative estimate of drug-likeness (QED) is 0.587. The predicted octanol–water partition coefficient (Wildman–Crippen LogP) is 2.39. The Morgan fingerprint density at radius 3 is 2.24 bits per heavy atom. The number of nitriles is 1. The molecule has 1 aliphatic rings. The minimum absolute atomic E-state index is 0.0191. The molecule has 0 unspecified atom stereocenters. The summed E-state index contributed by atoms with van der Waals surface area (Å²) in [5.41, 5.74) is 0.664. The van der Waals surface area contributed by atoms with Crippen LogP contribution in [0.3, 0.4) is 0 Å². The number of halogens is 1. The van der Waals surface area contributed by atoms with Gasteiger partial charge in [0, 0.05) is 51.3 Å². The molecular formula is C23H25FN4O4S. The van der Waals surface area contributed by atoms with Gasteiger partial charge in [-0.15, -0.1) is 0 Å².